The lowest BCUT2D eigenvalue weighted by Gasteiger charge is -2.08. The van der Waals surface area contributed by atoms with Crippen LogP contribution in [-0.4, -0.2) is 33.8 Å². The van der Waals surface area contributed by atoms with Crippen molar-refractivity contribution in [2.75, 3.05) is 13.2 Å². The van der Waals surface area contributed by atoms with Crippen molar-refractivity contribution in [3.05, 3.63) is 51.6 Å². The molecule has 2 aromatic heterocycles. The van der Waals surface area contributed by atoms with Crippen LogP contribution in [0.25, 0.3) is 0 Å². The van der Waals surface area contributed by atoms with Crippen molar-refractivity contribution in [2.45, 2.75) is 32.7 Å². The molecule has 1 N–H and O–H groups in total. The zero-order chi connectivity index (χ0) is 16.9. The molecule has 0 fully saturated rings. The number of aromatic nitrogens is 3. The predicted octanol–water partition coefficient (Wildman–Crippen LogP) is 0.956. The first-order valence-corrected chi connectivity index (χ1v) is 8.14. The molecule has 0 unspecified atom stereocenters. The molecule has 24 heavy (non-hydrogen) atoms. The van der Waals surface area contributed by atoms with Gasteiger partial charge in [0.15, 0.2) is 0 Å². The van der Waals surface area contributed by atoms with Crippen LogP contribution in [0.5, 0.6) is 5.88 Å². The maximum Gasteiger partial charge on any atom is 0.267 e. The van der Waals surface area contributed by atoms with Gasteiger partial charge < -0.3 is 10.1 Å². The van der Waals surface area contributed by atoms with Crippen LogP contribution in [0.3, 0.4) is 0 Å². The number of aryl methyl sites for hydroxylation is 2. The Morgan fingerprint density at radius 3 is 3.00 bits per heavy atom. The Kier molecular flexibility index (Phi) is 4.88. The molecule has 0 atom stereocenters. The SMILES string of the molecule is CCOc1ccc(C(=O)NCCn2nc3c(cc2=O)CCC3)cn1. The second-order valence-corrected chi connectivity index (χ2v) is 5.61. The third kappa shape index (κ3) is 3.61. The first-order valence-electron chi connectivity index (χ1n) is 8.14. The number of fused-ring (bicyclic) bond motifs is 1. The molecule has 0 saturated heterocycles. The normalized spacial score (nSPS) is 12.7. The number of nitrogens with zero attached hydrogens (tertiary/aromatic N) is 3. The number of pyridine rings is 1. The van der Waals surface area contributed by atoms with Crippen molar-refractivity contribution in [1.29, 1.82) is 0 Å². The van der Waals surface area contributed by atoms with Crippen LogP contribution in [0.2, 0.25) is 0 Å². The van der Waals surface area contributed by atoms with Crippen LogP contribution < -0.4 is 15.6 Å². The highest BCUT2D eigenvalue weighted by Gasteiger charge is 2.14. The summed E-state index contributed by atoms with van der Waals surface area (Å²) in [6, 6.07) is 4.98. The van der Waals surface area contributed by atoms with E-state index in [0.717, 1.165) is 30.5 Å². The third-order valence-electron chi connectivity index (χ3n) is 3.92. The molecule has 7 nitrogen and oxygen atoms in total. The van der Waals surface area contributed by atoms with Crippen molar-refractivity contribution in [2.24, 2.45) is 0 Å². The molecule has 126 valence electrons. The van der Waals surface area contributed by atoms with E-state index in [9.17, 15) is 9.59 Å². The number of hydrogen-bond acceptors (Lipinski definition) is 5. The molecular weight excluding hydrogens is 308 g/mol. The van der Waals surface area contributed by atoms with E-state index in [1.165, 1.54) is 10.9 Å². The highest BCUT2D eigenvalue weighted by atomic mass is 16.5. The molecule has 2 heterocycles. The Hall–Kier alpha value is -2.70. The zero-order valence-electron chi connectivity index (χ0n) is 13.6. The number of hydrogen-bond donors (Lipinski definition) is 1. The van der Waals surface area contributed by atoms with Crippen LogP contribution in [0.15, 0.2) is 29.2 Å². The highest BCUT2D eigenvalue weighted by molar-refractivity contribution is 5.93. The summed E-state index contributed by atoms with van der Waals surface area (Å²) in [5, 5.41) is 7.15. The van der Waals surface area contributed by atoms with Gasteiger partial charge in [0.25, 0.3) is 11.5 Å². The summed E-state index contributed by atoms with van der Waals surface area (Å²) in [6.45, 7) is 3.08. The maximum absolute atomic E-state index is 12.1. The van der Waals surface area contributed by atoms with Gasteiger partial charge in [0, 0.05) is 24.9 Å². The summed E-state index contributed by atoms with van der Waals surface area (Å²) >= 11 is 0. The van der Waals surface area contributed by atoms with Gasteiger partial charge in [-0.15, -0.1) is 0 Å². The van der Waals surface area contributed by atoms with Crippen molar-refractivity contribution in [3.63, 3.8) is 0 Å². The van der Waals surface area contributed by atoms with Crippen LogP contribution in [0.4, 0.5) is 0 Å². The van der Waals surface area contributed by atoms with Crippen molar-refractivity contribution < 1.29 is 9.53 Å². The largest absolute Gasteiger partial charge is 0.478 e. The lowest BCUT2D eigenvalue weighted by Crippen LogP contribution is -2.32. The standard InChI is InChI=1S/C17H20N4O3/c1-2-24-15-7-6-13(11-19-15)17(23)18-8-9-21-16(22)10-12-4-3-5-14(12)20-21/h6-7,10-11H,2-5,8-9H2,1H3,(H,18,23). The number of nitrogens with one attached hydrogen (secondary N) is 1. The first-order chi connectivity index (χ1) is 11.7. The third-order valence-corrected chi connectivity index (χ3v) is 3.92. The Morgan fingerprint density at radius 1 is 1.38 bits per heavy atom. The van der Waals surface area contributed by atoms with E-state index in [-0.39, 0.29) is 11.5 Å². The molecule has 1 aliphatic rings. The van der Waals surface area contributed by atoms with Crippen LogP contribution >= 0.6 is 0 Å². The summed E-state index contributed by atoms with van der Waals surface area (Å²) in [5.74, 6) is 0.253. The van der Waals surface area contributed by atoms with Crippen LogP contribution in [0.1, 0.15) is 35.0 Å². The van der Waals surface area contributed by atoms with Gasteiger partial charge in [-0.3, -0.25) is 9.59 Å². The van der Waals surface area contributed by atoms with E-state index in [4.69, 9.17) is 4.74 Å². The summed E-state index contributed by atoms with van der Waals surface area (Å²) in [5.41, 5.74) is 2.39. The zero-order valence-corrected chi connectivity index (χ0v) is 13.6. The second kappa shape index (κ2) is 7.25. The first kappa shape index (κ1) is 16.2. The van der Waals surface area contributed by atoms with E-state index in [1.807, 2.05) is 6.92 Å². The van der Waals surface area contributed by atoms with Gasteiger partial charge in [0.1, 0.15) is 0 Å². The smallest absolute Gasteiger partial charge is 0.267 e. The Labute approximate surface area is 139 Å². The Bertz CT molecular complexity index is 783. The van der Waals surface area contributed by atoms with E-state index in [1.54, 1.807) is 18.2 Å². The average molecular weight is 328 g/mol. The van der Waals surface area contributed by atoms with Crippen molar-refractivity contribution in [3.8, 4) is 5.88 Å². The van der Waals surface area contributed by atoms with E-state index in [2.05, 4.69) is 15.4 Å². The fraction of sp³-hybridized carbons (Fsp3) is 0.412. The molecule has 0 radical (unpaired) electrons. The molecule has 0 aliphatic heterocycles. The molecule has 0 aromatic carbocycles. The Balaban J connectivity index is 1.56. The van der Waals surface area contributed by atoms with Crippen molar-refractivity contribution in [1.82, 2.24) is 20.1 Å². The van der Waals surface area contributed by atoms with Gasteiger partial charge in [-0.05, 0) is 37.8 Å². The highest BCUT2D eigenvalue weighted by Crippen LogP contribution is 2.16. The van der Waals surface area contributed by atoms with Crippen LogP contribution in [0, 0.1) is 0 Å². The lowest BCUT2D eigenvalue weighted by atomic mass is 10.2. The van der Waals surface area contributed by atoms with E-state index < -0.39 is 0 Å². The lowest BCUT2D eigenvalue weighted by molar-refractivity contribution is 0.0951. The number of carbonyl (C=O) groups is 1. The van der Waals surface area contributed by atoms with E-state index >= 15 is 0 Å². The minimum Gasteiger partial charge on any atom is -0.478 e. The minimum atomic E-state index is -0.236. The fourth-order valence-electron chi connectivity index (χ4n) is 2.72. The molecule has 7 heteroatoms. The summed E-state index contributed by atoms with van der Waals surface area (Å²) in [6.07, 6.45) is 4.37. The van der Waals surface area contributed by atoms with Gasteiger partial charge in [-0.2, -0.15) is 5.10 Å². The Morgan fingerprint density at radius 2 is 2.25 bits per heavy atom. The second-order valence-electron chi connectivity index (χ2n) is 5.61. The molecule has 1 amide bonds. The predicted molar refractivity (Wildman–Crippen MR) is 88.3 cm³/mol. The molecule has 3 rings (SSSR count). The molecule has 0 saturated carbocycles. The van der Waals surface area contributed by atoms with Gasteiger partial charge in [0.2, 0.25) is 5.88 Å². The summed E-state index contributed by atoms with van der Waals surface area (Å²) in [7, 11) is 0. The topological polar surface area (TPSA) is 86.1 Å². The van der Waals surface area contributed by atoms with Crippen LogP contribution in [-0.2, 0) is 19.4 Å². The molecule has 0 bridgehead atoms. The number of ether oxygens (including phenoxy) is 1. The van der Waals surface area contributed by atoms with Gasteiger partial charge in [0.05, 0.1) is 24.4 Å². The number of carbonyl (C=O) groups excluding carboxylic acids is 1. The maximum atomic E-state index is 12.1. The van der Waals surface area contributed by atoms with Gasteiger partial charge in [-0.25, -0.2) is 9.67 Å². The average Bonchev–Trinajstić information content (AvgIpc) is 3.03. The number of rotatable bonds is 6. The minimum absolute atomic E-state index is 0.118. The van der Waals surface area contributed by atoms with Gasteiger partial charge >= 0.3 is 0 Å². The van der Waals surface area contributed by atoms with Gasteiger partial charge in [-0.1, -0.05) is 0 Å². The number of amides is 1. The molecule has 2 aromatic rings. The van der Waals surface area contributed by atoms with E-state index in [0.29, 0.717) is 31.1 Å². The van der Waals surface area contributed by atoms with Crippen molar-refractivity contribution >= 4 is 5.91 Å². The summed E-state index contributed by atoms with van der Waals surface area (Å²) < 4.78 is 6.66. The monoisotopic (exact) mass is 328 g/mol. The quantitative estimate of drug-likeness (QED) is 0.853. The molecular formula is C17H20N4O3. The fourth-order valence-corrected chi connectivity index (χ4v) is 2.72. The molecule has 0 spiro atoms. The summed E-state index contributed by atoms with van der Waals surface area (Å²) in [4.78, 5) is 28.1. The molecule has 1 aliphatic carbocycles.